The first-order valence-corrected chi connectivity index (χ1v) is 16.9. The van der Waals surface area contributed by atoms with Crippen LogP contribution in [0.15, 0.2) is 53.3 Å². The first kappa shape index (κ1) is 35.3. The summed E-state index contributed by atoms with van der Waals surface area (Å²) >= 11 is 0. The van der Waals surface area contributed by atoms with Crippen LogP contribution in [0.25, 0.3) is 22.2 Å². The van der Waals surface area contributed by atoms with Gasteiger partial charge in [0.2, 0.25) is 23.0 Å². The summed E-state index contributed by atoms with van der Waals surface area (Å²) in [4.78, 5) is 43.1. The maximum atomic E-state index is 13.5. The molecule has 0 saturated carbocycles. The number of carbonyl (C=O) groups excluding carboxylic acids is 2. The normalized spacial score (nSPS) is 13.7. The number of unbranched alkanes of at least 4 members (excludes halogenated alkanes) is 2. The van der Waals surface area contributed by atoms with Crippen molar-refractivity contribution < 1.29 is 23.8 Å². The number of hydrogen-bond acceptors (Lipinski definition) is 8. The van der Waals surface area contributed by atoms with Crippen molar-refractivity contribution in [3.05, 3.63) is 75.7 Å². The number of amides is 2. The van der Waals surface area contributed by atoms with Gasteiger partial charge in [0, 0.05) is 31.5 Å². The molecule has 1 aliphatic carbocycles. The van der Waals surface area contributed by atoms with Crippen molar-refractivity contribution in [1.82, 2.24) is 20.2 Å². The van der Waals surface area contributed by atoms with E-state index in [1.54, 1.807) is 33.5 Å². The van der Waals surface area contributed by atoms with E-state index in [1.165, 1.54) is 6.92 Å². The van der Waals surface area contributed by atoms with Crippen LogP contribution in [0.4, 0.5) is 5.69 Å². The van der Waals surface area contributed by atoms with Crippen molar-refractivity contribution in [3.8, 4) is 28.4 Å². The summed E-state index contributed by atoms with van der Waals surface area (Å²) in [7, 11) is 4.72. The fourth-order valence-electron chi connectivity index (χ4n) is 6.73. The van der Waals surface area contributed by atoms with Crippen molar-refractivity contribution in [2.24, 2.45) is 0 Å². The Balaban J connectivity index is 1.24. The van der Waals surface area contributed by atoms with Crippen molar-refractivity contribution >= 4 is 28.5 Å². The zero-order valence-corrected chi connectivity index (χ0v) is 29.3. The summed E-state index contributed by atoms with van der Waals surface area (Å²) in [6.07, 6.45) is 3.99. The molecule has 1 unspecified atom stereocenters. The van der Waals surface area contributed by atoms with E-state index in [-0.39, 0.29) is 29.3 Å². The molecule has 11 nitrogen and oxygen atoms in total. The molecule has 4 aromatic rings. The standard InChI is InChI=1S/C38H47N5O6/c1-23(2)43-31-13-10-9-12-29(31)42-34(43)22-40-35(46)14-8-7-11-19-39-30-18-16-26-27(21-32(30)45)28(41-24(3)44)17-15-25-20-33(47-4)37(48-5)38(49-6)36(25)26/h9-10,12-13,16,18,20-21,23,28H,7-8,11,14-15,17,19,22H2,1-6H3,(H,39,45)(H,40,46)(H,41,44). The SMILES string of the molecule is COc1cc2c(c(OC)c1OC)-c1ccc(NCCCCCC(=O)NCc3nc4ccccc4n3C(C)C)c(=O)cc1C(NC(C)=O)CC2. The Morgan fingerprint density at radius 1 is 0.980 bits per heavy atom. The van der Waals surface area contributed by atoms with Gasteiger partial charge in [-0.1, -0.05) is 24.6 Å². The minimum atomic E-state index is -0.370. The molecule has 49 heavy (non-hydrogen) atoms. The van der Waals surface area contributed by atoms with Gasteiger partial charge in [0.15, 0.2) is 11.5 Å². The van der Waals surface area contributed by atoms with Gasteiger partial charge in [0.25, 0.3) is 0 Å². The average Bonchev–Trinajstić information content (AvgIpc) is 3.31. The zero-order valence-electron chi connectivity index (χ0n) is 29.3. The summed E-state index contributed by atoms with van der Waals surface area (Å²) in [5.41, 5.74) is 5.55. The third-order valence-electron chi connectivity index (χ3n) is 8.94. The number of para-hydroxylation sites is 2. The van der Waals surface area contributed by atoms with Crippen molar-refractivity contribution in [1.29, 1.82) is 0 Å². The highest BCUT2D eigenvalue weighted by Crippen LogP contribution is 2.50. The van der Waals surface area contributed by atoms with Crippen LogP contribution in [0, 0.1) is 0 Å². The van der Waals surface area contributed by atoms with Gasteiger partial charge < -0.3 is 34.7 Å². The van der Waals surface area contributed by atoms with Crippen LogP contribution >= 0.6 is 0 Å². The Labute approximate surface area is 287 Å². The predicted molar refractivity (Wildman–Crippen MR) is 192 cm³/mol. The van der Waals surface area contributed by atoms with Crippen molar-refractivity contribution in [2.45, 2.75) is 77.9 Å². The molecule has 1 aliphatic rings. The summed E-state index contributed by atoms with van der Waals surface area (Å²) in [6, 6.07) is 15.1. The number of carbonyl (C=O) groups is 2. The number of benzene rings is 2. The van der Waals surface area contributed by atoms with Crippen LogP contribution in [0.1, 0.15) is 81.9 Å². The maximum Gasteiger partial charge on any atom is 0.220 e. The number of aromatic nitrogens is 2. The first-order valence-electron chi connectivity index (χ1n) is 16.9. The number of ether oxygens (including phenoxy) is 3. The van der Waals surface area contributed by atoms with Gasteiger partial charge in [0.1, 0.15) is 5.82 Å². The molecule has 0 radical (unpaired) electrons. The number of rotatable bonds is 14. The number of nitrogens with zero attached hydrogens (tertiary/aromatic N) is 2. The lowest BCUT2D eigenvalue weighted by Crippen LogP contribution is -2.26. The lowest BCUT2D eigenvalue weighted by molar-refractivity contribution is -0.121. The Morgan fingerprint density at radius 2 is 1.76 bits per heavy atom. The van der Waals surface area contributed by atoms with E-state index in [4.69, 9.17) is 19.2 Å². The molecule has 0 aliphatic heterocycles. The molecule has 3 N–H and O–H groups in total. The molecular formula is C38H47N5O6. The summed E-state index contributed by atoms with van der Waals surface area (Å²) < 4.78 is 19.3. The van der Waals surface area contributed by atoms with E-state index in [0.29, 0.717) is 60.9 Å². The van der Waals surface area contributed by atoms with Crippen LogP contribution in [0.3, 0.4) is 0 Å². The summed E-state index contributed by atoms with van der Waals surface area (Å²) in [5, 5.41) is 9.36. The average molecular weight is 670 g/mol. The number of imidazole rings is 1. The van der Waals surface area contributed by atoms with E-state index in [9.17, 15) is 14.4 Å². The predicted octanol–water partition coefficient (Wildman–Crippen LogP) is 6.08. The lowest BCUT2D eigenvalue weighted by atomic mass is 9.95. The van der Waals surface area contributed by atoms with Gasteiger partial charge in [-0.25, -0.2) is 4.98 Å². The molecule has 5 rings (SSSR count). The second-order valence-corrected chi connectivity index (χ2v) is 12.6. The largest absolute Gasteiger partial charge is 0.493 e. The molecule has 2 amide bonds. The minimum Gasteiger partial charge on any atom is -0.493 e. The second kappa shape index (κ2) is 15.9. The van der Waals surface area contributed by atoms with Crippen molar-refractivity contribution in [2.75, 3.05) is 33.2 Å². The van der Waals surface area contributed by atoms with E-state index >= 15 is 0 Å². The van der Waals surface area contributed by atoms with Crippen LogP contribution < -0.4 is 35.6 Å². The number of hydrogen-bond donors (Lipinski definition) is 3. The Bertz CT molecular complexity index is 1890. The Hall–Kier alpha value is -5.06. The quantitative estimate of drug-likeness (QED) is 0.138. The van der Waals surface area contributed by atoms with Gasteiger partial charge in [0.05, 0.1) is 50.6 Å². The van der Waals surface area contributed by atoms with Crippen LogP contribution in [0.5, 0.6) is 17.2 Å². The van der Waals surface area contributed by atoms with Crippen LogP contribution in [-0.4, -0.2) is 49.2 Å². The highest BCUT2D eigenvalue weighted by atomic mass is 16.5. The topological polar surface area (TPSA) is 133 Å². The van der Waals surface area contributed by atoms with E-state index < -0.39 is 0 Å². The first-order chi connectivity index (χ1) is 23.7. The van der Waals surface area contributed by atoms with E-state index in [1.807, 2.05) is 30.3 Å². The zero-order chi connectivity index (χ0) is 35.1. The van der Waals surface area contributed by atoms with Gasteiger partial charge >= 0.3 is 0 Å². The Morgan fingerprint density at radius 3 is 2.47 bits per heavy atom. The molecule has 260 valence electrons. The molecule has 0 spiro atoms. The van der Waals surface area contributed by atoms with E-state index in [2.05, 4.69) is 40.4 Å². The fraction of sp³-hybridized carbons (Fsp3) is 0.421. The molecule has 1 aromatic heterocycles. The highest BCUT2D eigenvalue weighted by molar-refractivity contribution is 5.84. The maximum absolute atomic E-state index is 13.5. The third kappa shape index (κ3) is 7.82. The molecule has 1 heterocycles. The van der Waals surface area contributed by atoms with E-state index in [0.717, 1.165) is 52.8 Å². The molecule has 0 bridgehead atoms. The monoisotopic (exact) mass is 669 g/mol. The van der Waals surface area contributed by atoms with Gasteiger partial charge in [-0.15, -0.1) is 0 Å². The molecule has 11 heteroatoms. The van der Waals surface area contributed by atoms with Crippen molar-refractivity contribution in [3.63, 3.8) is 0 Å². The summed E-state index contributed by atoms with van der Waals surface area (Å²) in [6.45, 7) is 6.66. The van der Waals surface area contributed by atoms with Gasteiger partial charge in [-0.05, 0) is 86.6 Å². The highest BCUT2D eigenvalue weighted by Gasteiger charge is 2.29. The minimum absolute atomic E-state index is 0.00701. The number of nitrogens with one attached hydrogen (secondary N) is 3. The fourth-order valence-corrected chi connectivity index (χ4v) is 6.73. The second-order valence-electron chi connectivity index (χ2n) is 12.6. The molecule has 0 saturated heterocycles. The molecule has 0 fully saturated rings. The molecule has 3 aromatic carbocycles. The van der Waals surface area contributed by atoms with Gasteiger partial charge in [-0.3, -0.25) is 14.4 Å². The van der Waals surface area contributed by atoms with Crippen LogP contribution in [-0.2, 0) is 22.6 Å². The third-order valence-corrected chi connectivity index (χ3v) is 8.94. The number of aryl methyl sites for hydroxylation is 1. The Kier molecular flexibility index (Phi) is 11.4. The van der Waals surface area contributed by atoms with Gasteiger partial charge in [-0.2, -0.15) is 0 Å². The number of anilines is 1. The summed E-state index contributed by atoms with van der Waals surface area (Å²) in [5.74, 6) is 2.19. The molecule has 1 atom stereocenters. The van der Waals surface area contributed by atoms with Crippen LogP contribution in [0.2, 0.25) is 0 Å². The molecular weight excluding hydrogens is 622 g/mol. The smallest absolute Gasteiger partial charge is 0.220 e. The number of fused-ring (bicyclic) bond motifs is 4. The number of methoxy groups -OCH3 is 3. The lowest BCUT2D eigenvalue weighted by Gasteiger charge is -2.19.